The molecule has 0 aliphatic heterocycles. The SMILES string of the molecule is CCc1ccc(NC(=O)CCC(=O)N/N=C/c2ccc(Cl)cc2)cc1. The van der Waals surface area contributed by atoms with Crippen LogP contribution in [0, 0.1) is 0 Å². The molecule has 0 atom stereocenters. The van der Waals surface area contributed by atoms with E-state index in [1.807, 2.05) is 24.3 Å². The van der Waals surface area contributed by atoms with Crippen LogP contribution >= 0.6 is 11.6 Å². The molecular formula is C19H20ClN3O2. The number of carbonyl (C=O) groups excluding carboxylic acids is 2. The molecule has 130 valence electrons. The van der Waals surface area contributed by atoms with Crippen LogP contribution in [0.3, 0.4) is 0 Å². The van der Waals surface area contributed by atoms with E-state index in [1.165, 1.54) is 11.8 Å². The summed E-state index contributed by atoms with van der Waals surface area (Å²) in [7, 11) is 0. The lowest BCUT2D eigenvalue weighted by atomic mass is 10.1. The van der Waals surface area contributed by atoms with E-state index in [9.17, 15) is 9.59 Å². The Morgan fingerprint density at radius 3 is 2.28 bits per heavy atom. The van der Waals surface area contributed by atoms with E-state index >= 15 is 0 Å². The summed E-state index contributed by atoms with van der Waals surface area (Å²) in [5.41, 5.74) is 5.15. The van der Waals surface area contributed by atoms with Gasteiger partial charge in [0.1, 0.15) is 0 Å². The monoisotopic (exact) mass is 357 g/mol. The van der Waals surface area contributed by atoms with E-state index in [-0.39, 0.29) is 24.7 Å². The number of rotatable bonds is 7. The van der Waals surface area contributed by atoms with Gasteiger partial charge in [-0.1, -0.05) is 42.8 Å². The molecule has 0 aromatic heterocycles. The van der Waals surface area contributed by atoms with Crippen molar-refractivity contribution in [3.05, 3.63) is 64.7 Å². The third kappa shape index (κ3) is 6.77. The van der Waals surface area contributed by atoms with Crippen molar-refractivity contribution in [1.82, 2.24) is 5.43 Å². The van der Waals surface area contributed by atoms with Gasteiger partial charge in [-0.05, 0) is 41.8 Å². The maximum Gasteiger partial charge on any atom is 0.240 e. The number of carbonyl (C=O) groups is 2. The van der Waals surface area contributed by atoms with Crippen LogP contribution in [0.4, 0.5) is 5.69 Å². The molecule has 0 fully saturated rings. The Labute approximate surface area is 152 Å². The first-order valence-corrected chi connectivity index (χ1v) is 8.41. The highest BCUT2D eigenvalue weighted by molar-refractivity contribution is 6.30. The zero-order valence-corrected chi connectivity index (χ0v) is 14.7. The predicted octanol–water partition coefficient (Wildman–Crippen LogP) is 3.77. The minimum atomic E-state index is -0.318. The van der Waals surface area contributed by atoms with Crippen LogP contribution in [0.5, 0.6) is 0 Å². The lowest BCUT2D eigenvalue weighted by Crippen LogP contribution is -2.20. The fourth-order valence-corrected chi connectivity index (χ4v) is 2.18. The Morgan fingerprint density at radius 1 is 1.00 bits per heavy atom. The van der Waals surface area contributed by atoms with Gasteiger partial charge in [0.05, 0.1) is 6.21 Å². The van der Waals surface area contributed by atoms with Crippen molar-refractivity contribution in [2.45, 2.75) is 26.2 Å². The second-order valence-electron chi connectivity index (χ2n) is 5.44. The normalized spacial score (nSPS) is 10.6. The Balaban J connectivity index is 1.71. The highest BCUT2D eigenvalue weighted by atomic mass is 35.5. The Hall–Kier alpha value is -2.66. The first-order valence-electron chi connectivity index (χ1n) is 8.03. The molecule has 5 nitrogen and oxygen atoms in total. The van der Waals surface area contributed by atoms with Crippen molar-refractivity contribution in [1.29, 1.82) is 0 Å². The molecule has 0 saturated carbocycles. The highest BCUT2D eigenvalue weighted by Gasteiger charge is 2.06. The van der Waals surface area contributed by atoms with E-state index in [0.29, 0.717) is 5.02 Å². The average Bonchev–Trinajstić information content (AvgIpc) is 2.62. The molecule has 0 bridgehead atoms. The zero-order valence-electron chi connectivity index (χ0n) is 14.0. The number of nitrogens with zero attached hydrogens (tertiary/aromatic N) is 1. The van der Waals surface area contributed by atoms with Crippen LogP contribution in [0.1, 0.15) is 30.9 Å². The number of nitrogens with one attached hydrogen (secondary N) is 2. The number of aryl methyl sites for hydroxylation is 1. The molecule has 0 heterocycles. The van der Waals surface area contributed by atoms with Crippen LogP contribution in [-0.2, 0) is 16.0 Å². The van der Waals surface area contributed by atoms with E-state index < -0.39 is 0 Å². The summed E-state index contributed by atoms with van der Waals surface area (Å²) < 4.78 is 0. The molecule has 2 N–H and O–H groups in total. The van der Waals surface area contributed by atoms with Gasteiger partial charge in [0.25, 0.3) is 0 Å². The molecule has 0 spiro atoms. The predicted molar refractivity (Wildman–Crippen MR) is 101 cm³/mol. The van der Waals surface area contributed by atoms with Gasteiger partial charge < -0.3 is 5.32 Å². The highest BCUT2D eigenvalue weighted by Crippen LogP contribution is 2.10. The fourth-order valence-electron chi connectivity index (χ4n) is 2.06. The van der Waals surface area contributed by atoms with Gasteiger partial charge in [0, 0.05) is 23.6 Å². The standard InChI is InChI=1S/C19H20ClN3O2/c1-2-14-5-9-17(10-6-14)22-18(24)11-12-19(25)23-21-13-15-3-7-16(20)8-4-15/h3-10,13H,2,11-12H2,1H3,(H,22,24)(H,23,25)/b21-13+. The van der Waals surface area contributed by atoms with Crippen LogP contribution in [0.25, 0.3) is 0 Å². The van der Waals surface area contributed by atoms with Crippen molar-refractivity contribution in [3.63, 3.8) is 0 Å². The van der Waals surface area contributed by atoms with Gasteiger partial charge >= 0.3 is 0 Å². The van der Waals surface area contributed by atoms with Crippen LogP contribution in [-0.4, -0.2) is 18.0 Å². The lowest BCUT2D eigenvalue weighted by molar-refractivity contribution is -0.124. The quantitative estimate of drug-likeness (QED) is 0.585. The van der Waals surface area contributed by atoms with Crippen molar-refractivity contribution in [2.24, 2.45) is 5.10 Å². The molecule has 0 radical (unpaired) electrons. The fraction of sp³-hybridized carbons (Fsp3) is 0.211. The van der Waals surface area contributed by atoms with E-state index in [2.05, 4.69) is 22.8 Å². The Bertz CT molecular complexity index is 740. The molecule has 25 heavy (non-hydrogen) atoms. The van der Waals surface area contributed by atoms with Crippen molar-refractivity contribution in [2.75, 3.05) is 5.32 Å². The number of hydrogen-bond acceptors (Lipinski definition) is 3. The molecule has 0 aliphatic carbocycles. The minimum Gasteiger partial charge on any atom is -0.326 e. The topological polar surface area (TPSA) is 70.6 Å². The molecule has 2 aromatic carbocycles. The van der Waals surface area contributed by atoms with Crippen LogP contribution in [0.15, 0.2) is 53.6 Å². The first kappa shape index (κ1) is 18.7. The second-order valence-corrected chi connectivity index (χ2v) is 5.88. The van der Waals surface area contributed by atoms with E-state index in [1.54, 1.807) is 24.3 Å². The van der Waals surface area contributed by atoms with Gasteiger partial charge in [-0.2, -0.15) is 5.10 Å². The third-order valence-electron chi connectivity index (χ3n) is 3.50. The molecule has 0 unspecified atom stereocenters. The van der Waals surface area contributed by atoms with Crippen LogP contribution < -0.4 is 10.7 Å². The number of halogens is 1. The maximum absolute atomic E-state index is 11.9. The summed E-state index contributed by atoms with van der Waals surface area (Å²) in [5.74, 6) is -0.525. The minimum absolute atomic E-state index is 0.0663. The number of anilines is 1. The van der Waals surface area contributed by atoms with Crippen LogP contribution in [0.2, 0.25) is 5.02 Å². The molecular weight excluding hydrogens is 338 g/mol. The van der Waals surface area contributed by atoms with Gasteiger partial charge in [-0.15, -0.1) is 0 Å². The summed E-state index contributed by atoms with van der Waals surface area (Å²) in [6, 6.07) is 14.7. The molecule has 2 amide bonds. The molecule has 6 heteroatoms. The Morgan fingerprint density at radius 2 is 1.64 bits per heavy atom. The summed E-state index contributed by atoms with van der Waals surface area (Å²) in [6.45, 7) is 2.07. The number of amides is 2. The van der Waals surface area contributed by atoms with Gasteiger partial charge in [0.2, 0.25) is 11.8 Å². The van der Waals surface area contributed by atoms with Crippen molar-refractivity contribution < 1.29 is 9.59 Å². The Kier molecular flexibility index (Phi) is 7.16. The van der Waals surface area contributed by atoms with Gasteiger partial charge in [-0.25, -0.2) is 5.43 Å². The molecule has 0 saturated heterocycles. The van der Waals surface area contributed by atoms with Crippen molar-refractivity contribution >= 4 is 35.3 Å². The van der Waals surface area contributed by atoms with Gasteiger partial charge in [-0.3, -0.25) is 9.59 Å². The van der Waals surface area contributed by atoms with E-state index in [0.717, 1.165) is 17.7 Å². The largest absolute Gasteiger partial charge is 0.326 e. The van der Waals surface area contributed by atoms with Crippen molar-refractivity contribution in [3.8, 4) is 0 Å². The lowest BCUT2D eigenvalue weighted by Gasteiger charge is -2.05. The number of hydrazone groups is 1. The maximum atomic E-state index is 11.9. The smallest absolute Gasteiger partial charge is 0.240 e. The molecule has 2 rings (SSSR count). The van der Waals surface area contributed by atoms with Gasteiger partial charge in [0.15, 0.2) is 0 Å². The summed E-state index contributed by atoms with van der Waals surface area (Å²) in [4.78, 5) is 23.6. The second kappa shape index (κ2) is 9.59. The average molecular weight is 358 g/mol. The van der Waals surface area contributed by atoms with E-state index in [4.69, 9.17) is 11.6 Å². The summed E-state index contributed by atoms with van der Waals surface area (Å²) in [6.07, 6.45) is 2.63. The number of benzene rings is 2. The number of hydrogen-bond donors (Lipinski definition) is 2. The molecule has 2 aromatic rings. The zero-order chi connectivity index (χ0) is 18.1. The third-order valence-corrected chi connectivity index (χ3v) is 3.75. The summed E-state index contributed by atoms with van der Waals surface area (Å²) in [5, 5.41) is 7.25. The summed E-state index contributed by atoms with van der Waals surface area (Å²) >= 11 is 5.79. The molecule has 0 aliphatic rings. The first-order chi connectivity index (χ1) is 12.1.